The number of methoxy groups -OCH3 is 1. The van der Waals surface area contributed by atoms with E-state index in [1.807, 2.05) is 45.0 Å². The second-order valence-electron chi connectivity index (χ2n) is 7.17. The lowest BCUT2D eigenvalue weighted by atomic mass is 9.98. The van der Waals surface area contributed by atoms with E-state index in [4.69, 9.17) is 9.47 Å². The van der Waals surface area contributed by atoms with Gasteiger partial charge < -0.3 is 14.8 Å². The molecule has 0 aliphatic rings. The van der Waals surface area contributed by atoms with Crippen molar-refractivity contribution in [1.82, 2.24) is 0 Å². The van der Waals surface area contributed by atoms with Gasteiger partial charge in [0.25, 0.3) is 5.91 Å². The van der Waals surface area contributed by atoms with Crippen LogP contribution in [0, 0.1) is 18.3 Å². The van der Waals surface area contributed by atoms with Gasteiger partial charge in [0.2, 0.25) is 0 Å². The number of nitriles is 1. The Kier molecular flexibility index (Phi) is 7.76. The molecule has 0 saturated heterocycles. The maximum Gasteiger partial charge on any atom is 0.349 e. The molecule has 0 unspecified atom stereocenters. The number of para-hydroxylation sites is 1. The minimum atomic E-state index is -1.07. The molecule has 0 heterocycles. The van der Waals surface area contributed by atoms with Crippen molar-refractivity contribution in [2.75, 3.05) is 12.4 Å². The largest absolute Gasteiger partial charge is 0.497 e. The number of carbonyl (C=O) groups excluding carboxylic acids is 2. The number of nitrogens with one attached hydrogen (secondary N) is 1. The van der Waals surface area contributed by atoms with E-state index in [2.05, 4.69) is 5.32 Å². The molecule has 0 aliphatic heterocycles. The van der Waals surface area contributed by atoms with Crippen molar-refractivity contribution in [3.8, 4) is 11.8 Å². The Balaban J connectivity index is 2.11. The van der Waals surface area contributed by atoms with E-state index in [-0.39, 0.29) is 11.5 Å². The first kappa shape index (κ1) is 22.7. The van der Waals surface area contributed by atoms with E-state index in [1.54, 1.807) is 31.4 Å². The van der Waals surface area contributed by atoms with Crippen LogP contribution in [0.5, 0.6) is 5.75 Å². The summed E-state index contributed by atoms with van der Waals surface area (Å²) < 4.78 is 10.3. The van der Waals surface area contributed by atoms with Crippen molar-refractivity contribution in [3.63, 3.8) is 0 Å². The van der Waals surface area contributed by atoms with Crippen LogP contribution in [0.2, 0.25) is 0 Å². The maximum absolute atomic E-state index is 12.6. The molecule has 1 amide bonds. The number of ether oxygens (including phenoxy) is 2. The molecule has 0 saturated carbocycles. The van der Waals surface area contributed by atoms with Crippen molar-refractivity contribution in [2.24, 2.45) is 0 Å². The Morgan fingerprint density at radius 3 is 2.33 bits per heavy atom. The molecule has 1 N–H and O–H groups in total. The predicted molar refractivity (Wildman–Crippen MR) is 116 cm³/mol. The van der Waals surface area contributed by atoms with E-state index >= 15 is 0 Å². The third-order valence-electron chi connectivity index (χ3n) is 4.60. The lowest BCUT2D eigenvalue weighted by Gasteiger charge is -2.19. The summed E-state index contributed by atoms with van der Waals surface area (Å²) >= 11 is 0. The first-order valence-corrected chi connectivity index (χ1v) is 9.64. The maximum atomic E-state index is 12.6. The minimum Gasteiger partial charge on any atom is -0.497 e. The van der Waals surface area contributed by atoms with Gasteiger partial charge in [0.05, 0.1) is 7.11 Å². The fourth-order valence-corrected chi connectivity index (χ4v) is 2.85. The van der Waals surface area contributed by atoms with Crippen molar-refractivity contribution in [1.29, 1.82) is 5.26 Å². The Bertz CT molecular complexity index is 985. The average molecular weight is 406 g/mol. The van der Waals surface area contributed by atoms with Gasteiger partial charge in [0.15, 0.2) is 6.10 Å². The minimum absolute atomic E-state index is 0.196. The topological polar surface area (TPSA) is 88.4 Å². The number of rotatable bonds is 7. The van der Waals surface area contributed by atoms with Crippen molar-refractivity contribution < 1.29 is 19.1 Å². The molecule has 30 heavy (non-hydrogen) atoms. The Labute approximate surface area is 177 Å². The van der Waals surface area contributed by atoms with Crippen LogP contribution in [0.15, 0.2) is 48.0 Å². The predicted octanol–water partition coefficient (Wildman–Crippen LogP) is 4.60. The second kappa shape index (κ2) is 10.3. The summed E-state index contributed by atoms with van der Waals surface area (Å²) in [5.41, 5.74) is 3.08. The van der Waals surface area contributed by atoms with Gasteiger partial charge in [-0.3, -0.25) is 4.79 Å². The molecule has 0 fully saturated rings. The zero-order valence-electron chi connectivity index (χ0n) is 17.9. The standard InChI is InChI=1S/C24H26N2O4/c1-15(2)21-8-6-7-16(3)22(21)26-23(27)17(4)30-24(28)19(14-25)13-18-9-11-20(29-5)12-10-18/h6-13,15,17H,1-5H3,(H,26,27)/b19-13+/t17-/m1/s1. The lowest BCUT2D eigenvalue weighted by Crippen LogP contribution is -2.31. The fourth-order valence-electron chi connectivity index (χ4n) is 2.85. The van der Waals surface area contributed by atoms with Crippen molar-refractivity contribution in [2.45, 2.75) is 39.7 Å². The van der Waals surface area contributed by atoms with E-state index in [0.717, 1.165) is 16.8 Å². The van der Waals surface area contributed by atoms with Crippen LogP contribution in [0.25, 0.3) is 6.08 Å². The molecule has 0 bridgehead atoms. The molecule has 0 aliphatic carbocycles. The van der Waals surface area contributed by atoms with E-state index in [0.29, 0.717) is 11.3 Å². The van der Waals surface area contributed by atoms with E-state index in [9.17, 15) is 14.9 Å². The lowest BCUT2D eigenvalue weighted by molar-refractivity contribution is -0.148. The number of hydrogen-bond donors (Lipinski definition) is 1. The molecule has 0 spiro atoms. The summed E-state index contributed by atoms with van der Waals surface area (Å²) in [4.78, 5) is 25.0. The highest BCUT2D eigenvalue weighted by Crippen LogP contribution is 2.27. The molecule has 6 heteroatoms. The van der Waals surface area contributed by atoms with Gasteiger partial charge in [0.1, 0.15) is 17.4 Å². The van der Waals surface area contributed by atoms with Gasteiger partial charge in [-0.05, 0) is 54.7 Å². The molecule has 2 rings (SSSR count). The highest BCUT2D eigenvalue weighted by atomic mass is 16.5. The molecule has 0 radical (unpaired) electrons. The zero-order valence-corrected chi connectivity index (χ0v) is 17.9. The molecular weight excluding hydrogens is 380 g/mol. The van der Waals surface area contributed by atoms with Crippen LogP contribution >= 0.6 is 0 Å². The molecule has 2 aromatic rings. The van der Waals surface area contributed by atoms with Gasteiger partial charge in [-0.25, -0.2) is 4.79 Å². The van der Waals surface area contributed by atoms with Crippen molar-refractivity contribution in [3.05, 3.63) is 64.7 Å². The number of aryl methyl sites for hydroxylation is 1. The van der Waals surface area contributed by atoms with Gasteiger partial charge in [-0.1, -0.05) is 44.2 Å². The second-order valence-corrected chi connectivity index (χ2v) is 7.17. The molecule has 2 aromatic carbocycles. The molecule has 0 aromatic heterocycles. The number of amides is 1. The Morgan fingerprint density at radius 1 is 1.10 bits per heavy atom. The number of hydrogen-bond acceptors (Lipinski definition) is 5. The molecule has 1 atom stereocenters. The number of benzene rings is 2. The molecule has 156 valence electrons. The van der Waals surface area contributed by atoms with E-state index < -0.39 is 18.0 Å². The van der Waals surface area contributed by atoms with Gasteiger partial charge in [0, 0.05) is 5.69 Å². The third-order valence-corrected chi connectivity index (χ3v) is 4.60. The van der Waals surface area contributed by atoms with E-state index in [1.165, 1.54) is 13.0 Å². The summed E-state index contributed by atoms with van der Waals surface area (Å²) in [6, 6.07) is 14.5. The molecule has 6 nitrogen and oxygen atoms in total. The van der Waals surface area contributed by atoms with Crippen molar-refractivity contribution >= 4 is 23.6 Å². The Hall–Kier alpha value is -3.59. The fraction of sp³-hybridized carbons (Fsp3) is 0.292. The van der Waals surface area contributed by atoms with Gasteiger partial charge in [-0.2, -0.15) is 5.26 Å². The van der Waals surface area contributed by atoms with Crippen LogP contribution in [0.3, 0.4) is 0 Å². The molecular formula is C24H26N2O4. The summed E-state index contributed by atoms with van der Waals surface area (Å²) in [6.07, 6.45) is 0.342. The number of anilines is 1. The Morgan fingerprint density at radius 2 is 1.77 bits per heavy atom. The number of esters is 1. The first-order chi connectivity index (χ1) is 14.3. The van der Waals surface area contributed by atoms with Gasteiger partial charge >= 0.3 is 5.97 Å². The first-order valence-electron chi connectivity index (χ1n) is 9.64. The number of carbonyl (C=O) groups is 2. The normalized spacial score (nSPS) is 12.1. The zero-order chi connectivity index (χ0) is 22.3. The van der Waals surface area contributed by atoms with Crippen LogP contribution in [-0.4, -0.2) is 25.1 Å². The SMILES string of the molecule is COc1ccc(/C=C(\C#N)C(=O)O[C@H](C)C(=O)Nc2c(C)cccc2C(C)C)cc1. The van der Waals surface area contributed by atoms with Crippen LogP contribution < -0.4 is 10.1 Å². The van der Waals surface area contributed by atoms with Gasteiger partial charge in [-0.15, -0.1) is 0 Å². The smallest absolute Gasteiger partial charge is 0.349 e. The van der Waals surface area contributed by atoms with Crippen LogP contribution in [0.4, 0.5) is 5.69 Å². The third kappa shape index (κ3) is 5.71. The summed E-state index contributed by atoms with van der Waals surface area (Å²) in [7, 11) is 1.55. The summed E-state index contributed by atoms with van der Waals surface area (Å²) in [6.45, 7) is 7.46. The number of nitrogens with zero attached hydrogens (tertiary/aromatic N) is 1. The highest BCUT2D eigenvalue weighted by Gasteiger charge is 2.22. The van der Waals surface area contributed by atoms with Crippen LogP contribution in [-0.2, 0) is 14.3 Å². The summed E-state index contributed by atoms with van der Waals surface area (Å²) in [5.74, 6) is -0.433. The quantitative estimate of drug-likeness (QED) is 0.412. The average Bonchev–Trinajstić information content (AvgIpc) is 2.73. The summed E-state index contributed by atoms with van der Waals surface area (Å²) in [5, 5.41) is 12.2. The van der Waals surface area contributed by atoms with Crippen LogP contribution in [0.1, 0.15) is 43.4 Å². The highest BCUT2D eigenvalue weighted by molar-refractivity contribution is 6.01. The monoisotopic (exact) mass is 406 g/mol.